The van der Waals surface area contributed by atoms with Crippen molar-refractivity contribution in [3.8, 4) is 11.5 Å². The normalized spacial score (nSPS) is 14.5. The topological polar surface area (TPSA) is 77.6 Å². The summed E-state index contributed by atoms with van der Waals surface area (Å²) >= 11 is 0. The van der Waals surface area contributed by atoms with E-state index >= 15 is 0 Å². The second-order valence-electron chi connectivity index (χ2n) is 4.27. The van der Waals surface area contributed by atoms with Crippen LogP contribution in [0.3, 0.4) is 0 Å². The SMILES string of the molecule is NCc1cn2c(nc3cc4c(cc32)OCCO4)[nH]1. The van der Waals surface area contributed by atoms with Crippen molar-refractivity contribution in [2.45, 2.75) is 6.54 Å². The highest BCUT2D eigenvalue weighted by Gasteiger charge is 2.16. The lowest BCUT2D eigenvalue weighted by molar-refractivity contribution is 0.172. The second kappa shape index (κ2) is 3.39. The summed E-state index contributed by atoms with van der Waals surface area (Å²) in [5.41, 5.74) is 8.44. The molecule has 0 aliphatic carbocycles. The third kappa shape index (κ3) is 1.23. The van der Waals surface area contributed by atoms with Crippen molar-refractivity contribution in [1.82, 2.24) is 14.4 Å². The first-order valence-electron chi connectivity index (χ1n) is 5.84. The van der Waals surface area contributed by atoms with Gasteiger partial charge in [-0.3, -0.25) is 4.40 Å². The number of hydrogen-bond acceptors (Lipinski definition) is 4. The summed E-state index contributed by atoms with van der Waals surface area (Å²) in [6.07, 6.45) is 1.96. The van der Waals surface area contributed by atoms with Crippen molar-refractivity contribution < 1.29 is 9.47 Å². The van der Waals surface area contributed by atoms with Crippen LogP contribution in [0.2, 0.25) is 0 Å². The molecule has 3 heterocycles. The second-order valence-corrected chi connectivity index (χ2v) is 4.27. The fourth-order valence-corrected chi connectivity index (χ4v) is 2.29. The molecule has 3 aromatic rings. The first kappa shape index (κ1) is 9.78. The lowest BCUT2D eigenvalue weighted by Gasteiger charge is -2.17. The molecule has 0 spiro atoms. The Hall–Kier alpha value is -2.21. The smallest absolute Gasteiger partial charge is 0.212 e. The Morgan fingerprint density at radius 3 is 2.83 bits per heavy atom. The van der Waals surface area contributed by atoms with Crippen LogP contribution in [0.25, 0.3) is 16.8 Å². The Labute approximate surface area is 102 Å². The molecule has 1 aliphatic heterocycles. The molecule has 1 aromatic carbocycles. The minimum absolute atomic E-state index is 0.468. The van der Waals surface area contributed by atoms with E-state index in [0.29, 0.717) is 19.8 Å². The van der Waals surface area contributed by atoms with E-state index in [9.17, 15) is 0 Å². The Morgan fingerprint density at radius 2 is 2.06 bits per heavy atom. The number of rotatable bonds is 1. The van der Waals surface area contributed by atoms with E-state index in [2.05, 4.69) is 9.97 Å². The molecule has 4 rings (SSSR count). The molecule has 0 bridgehead atoms. The van der Waals surface area contributed by atoms with Crippen LogP contribution in [0.4, 0.5) is 0 Å². The van der Waals surface area contributed by atoms with Crippen molar-refractivity contribution in [1.29, 1.82) is 0 Å². The third-order valence-electron chi connectivity index (χ3n) is 3.13. The van der Waals surface area contributed by atoms with Gasteiger partial charge in [0.25, 0.3) is 0 Å². The number of aromatic nitrogens is 3. The molecule has 0 amide bonds. The fraction of sp³-hybridized carbons (Fsp3) is 0.250. The Bertz CT molecular complexity index is 743. The van der Waals surface area contributed by atoms with Crippen molar-refractivity contribution in [3.05, 3.63) is 24.0 Å². The molecule has 6 heteroatoms. The van der Waals surface area contributed by atoms with E-state index < -0.39 is 0 Å². The quantitative estimate of drug-likeness (QED) is 0.670. The first-order valence-corrected chi connectivity index (χ1v) is 5.84. The van der Waals surface area contributed by atoms with E-state index in [0.717, 1.165) is 34.0 Å². The van der Waals surface area contributed by atoms with Gasteiger partial charge in [0.2, 0.25) is 5.78 Å². The number of ether oxygens (including phenoxy) is 2. The fourth-order valence-electron chi connectivity index (χ4n) is 2.29. The molecule has 2 aromatic heterocycles. The molecule has 18 heavy (non-hydrogen) atoms. The third-order valence-corrected chi connectivity index (χ3v) is 3.13. The zero-order valence-electron chi connectivity index (χ0n) is 9.64. The number of nitrogens with two attached hydrogens (primary N) is 1. The van der Waals surface area contributed by atoms with Crippen LogP contribution in [0.15, 0.2) is 18.3 Å². The predicted molar refractivity (Wildman–Crippen MR) is 65.9 cm³/mol. The summed E-state index contributed by atoms with van der Waals surface area (Å²) in [5, 5.41) is 0. The highest BCUT2D eigenvalue weighted by Crippen LogP contribution is 2.34. The minimum atomic E-state index is 0.468. The average Bonchev–Trinajstić information content (AvgIpc) is 2.93. The van der Waals surface area contributed by atoms with E-state index in [1.165, 1.54) is 0 Å². The monoisotopic (exact) mass is 244 g/mol. The van der Waals surface area contributed by atoms with Crippen molar-refractivity contribution >= 4 is 16.8 Å². The number of hydrogen-bond donors (Lipinski definition) is 2. The summed E-state index contributed by atoms with van der Waals surface area (Å²) in [4.78, 5) is 7.68. The molecule has 0 unspecified atom stereocenters. The standard InChI is InChI=1S/C12H12N4O2/c13-5-7-6-16-9-4-11-10(17-1-2-18-11)3-8(9)15-12(16)14-7/h3-4,6H,1-2,5,13H2,(H,14,15). The minimum Gasteiger partial charge on any atom is -0.486 e. The van der Waals surface area contributed by atoms with Gasteiger partial charge in [-0.25, -0.2) is 4.98 Å². The number of imidazole rings is 2. The van der Waals surface area contributed by atoms with Crippen LogP contribution >= 0.6 is 0 Å². The van der Waals surface area contributed by atoms with Crippen LogP contribution in [0, 0.1) is 0 Å². The Balaban J connectivity index is 2.02. The van der Waals surface area contributed by atoms with Gasteiger partial charge in [-0.05, 0) is 0 Å². The lowest BCUT2D eigenvalue weighted by atomic mass is 10.2. The maximum atomic E-state index is 5.61. The zero-order valence-corrected chi connectivity index (χ0v) is 9.64. The summed E-state index contributed by atoms with van der Waals surface area (Å²) in [7, 11) is 0. The maximum absolute atomic E-state index is 5.61. The van der Waals surface area contributed by atoms with Gasteiger partial charge in [0.15, 0.2) is 11.5 Å². The van der Waals surface area contributed by atoms with Gasteiger partial charge in [0.05, 0.1) is 11.0 Å². The van der Waals surface area contributed by atoms with E-state index in [1.54, 1.807) is 0 Å². The van der Waals surface area contributed by atoms with Crippen molar-refractivity contribution in [2.75, 3.05) is 13.2 Å². The van der Waals surface area contributed by atoms with Crippen LogP contribution < -0.4 is 15.2 Å². The Morgan fingerprint density at radius 1 is 1.28 bits per heavy atom. The van der Waals surface area contributed by atoms with E-state index in [4.69, 9.17) is 15.2 Å². The van der Waals surface area contributed by atoms with Gasteiger partial charge in [0.1, 0.15) is 13.2 Å². The predicted octanol–water partition coefficient (Wildman–Crippen LogP) is 1.05. The molecule has 3 N–H and O–H groups in total. The van der Waals surface area contributed by atoms with Crippen molar-refractivity contribution in [3.63, 3.8) is 0 Å². The van der Waals surface area contributed by atoms with Crippen LogP contribution in [-0.4, -0.2) is 27.6 Å². The molecule has 1 aliphatic rings. The Kier molecular flexibility index (Phi) is 1.84. The molecule has 0 fully saturated rings. The highest BCUT2D eigenvalue weighted by atomic mass is 16.6. The molecule has 0 atom stereocenters. The van der Waals surface area contributed by atoms with Crippen LogP contribution in [-0.2, 0) is 6.54 Å². The maximum Gasteiger partial charge on any atom is 0.212 e. The summed E-state index contributed by atoms with van der Waals surface area (Å²) in [5.74, 6) is 2.31. The van der Waals surface area contributed by atoms with Gasteiger partial charge >= 0.3 is 0 Å². The molecule has 0 saturated heterocycles. The number of nitrogens with zero attached hydrogens (tertiary/aromatic N) is 2. The number of H-pyrrole nitrogens is 1. The van der Waals surface area contributed by atoms with E-state index in [-0.39, 0.29) is 0 Å². The summed E-state index contributed by atoms with van der Waals surface area (Å²) in [6, 6.07) is 3.87. The largest absolute Gasteiger partial charge is 0.486 e. The molecular formula is C12H12N4O2. The van der Waals surface area contributed by atoms with Crippen LogP contribution in [0.1, 0.15) is 5.69 Å². The molecule has 0 saturated carbocycles. The van der Waals surface area contributed by atoms with Gasteiger partial charge in [0, 0.05) is 30.6 Å². The molecule has 6 nitrogen and oxygen atoms in total. The average molecular weight is 244 g/mol. The zero-order chi connectivity index (χ0) is 12.1. The molecule has 0 radical (unpaired) electrons. The summed E-state index contributed by atoms with van der Waals surface area (Å²) < 4.78 is 13.1. The lowest BCUT2D eigenvalue weighted by Crippen LogP contribution is -2.15. The number of fused-ring (bicyclic) bond motifs is 4. The van der Waals surface area contributed by atoms with Gasteiger partial charge in [-0.15, -0.1) is 0 Å². The molecular weight excluding hydrogens is 232 g/mol. The summed E-state index contributed by atoms with van der Waals surface area (Å²) in [6.45, 7) is 1.64. The highest BCUT2D eigenvalue weighted by molar-refractivity contribution is 5.83. The van der Waals surface area contributed by atoms with E-state index in [1.807, 2.05) is 22.7 Å². The van der Waals surface area contributed by atoms with Crippen molar-refractivity contribution in [2.24, 2.45) is 5.73 Å². The van der Waals surface area contributed by atoms with Gasteiger partial charge in [-0.2, -0.15) is 0 Å². The van der Waals surface area contributed by atoms with Gasteiger partial charge < -0.3 is 20.2 Å². The number of benzene rings is 1. The first-order chi connectivity index (χ1) is 8.85. The number of aromatic amines is 1. The van der Waals surface area contributed by atoms with Crippen LogP contribution in [0.5, 0.6) is 11.5 Å². The number of nitrogens with one attached hydrogen (secondary N) is 1. The molecule has 92 valence electrons. The van der Waals surface area contributed by atoms with Gasteiger partial charge in [-0.1, -0.05) is 0 Å².